The number of nitrogens with one attached hydrogen (secondary N) is 3. The Balaban J connectivity index is 1.21. The van der Waals surface area contributed by atoms with Crippen LogP contribution in [0, 0.1) is 6.92 Å². The number of hydrogen-bond donors (Lipinski definition) is 3. The van der Waals surface area contributed by atoms with Crippen LogP contribution in [0.1, 0.15) is 17.7 Å². The fraction of sp³-hybridized carbons (Fsp3) is 0.208. The minimum atomic E-state index is -0.262. The third-order valence-electron chi connectivity index (χ3n) is 4.94. The number of urea groups is 1. The molecule has 2 heterocycles. The molecule has 0 radical (unpaired) electrons. The second-order valence-electron chi connectivity index (χ2n) is 7.32. The lowest BCUT2D eigenvalue weighted by Crippen LogP contribution is -2.30. The molecule has 0 atom stereocenters. The van der Waals surface area contributed by atoms with Crippen molar-refractivity contribution in [2.75, 3.05) is 18.5 Å². The van der Waals surface area contributed by atoms with E-state index in [0.717, 1.165) is 33.2 Å². The van der Waals surface area contributed by atoms with Crippen molar-refractivity contribution in [3.05, 3.63) is 77.1 Å². The first kappa shape index (κ1) is 22.9. The third-order valence-corrected chi connectivity index (χ3v) is 6.07. The number of aromatic amines is 1. The smallest absolute Gasteiger partial charge is 0.319 e. The molecule has 0 fully saturated rings. The van der Waals surface area contributed by atoms with Crippen LogP contribution in [0.15, 0.2) is 66.0 Å². The molecule has 0 aliphatic carbocycles. The summed E-state index contributed by atoms with van der Waals surface area (Å²) >= 11 is 7.46. The minimum Gasteiger partial charge on any atom is -0.493 e. The van der Waals surface area contributed by atoms with E-state index in [0.29, 0.717) is 36.0 Å². The molecule has 0 unspecified atom stereocenters. The highest BCUT2D eigenvalue weighted by atomic mass is 35.5. The van der Waals surface area contributed by atoms with Gasteiger partial charge in [0.15, 0.2) is 5.16 Å². The summed E-state index contributed by atoms with van der Waals surface area (Å²) < 4.78 is 5.93. The van der Waals surface area contributed by atoms with Crippen molar-refractivity contribution in [3.63, 3.8) is 0 Å². The molecule has 2 aromatic carbocycles. The van der Waals surface area contributed by atoms with Crippen molar-refractivity contribution >= 4 is 46.1 Å². The van der Waals surface area contributed by atoms with Crippen molar-refractivity contribution in [2.45, 2.75) is 24.3 Å². The van der Waals surface area contributed by atoms with Crippen molar-refractivity contribution in [3.8, 4) is 5.75 Å². The van der Waals surface area contributed by atoms with Gasteiger partial charge in [-0.1, -0.05) is 35.5 Å². The molecule has 0 bridgehead atoms. The number of nitrogens with zero attached hydrogens (tertiary/aromatic N) is 2. The number of halogens is 1. The average molecular weight is 482 g/mol. The fourth-order valence-corrected chi connectivity index (χ4v) is 4.20. The van der Waals surface area contributed by atoms with Crippen LogP contribution in [-0.4, -0.2) is 34.1 Å². The zero-order valence-corrected chi connectivity index (χ0v) is 19.7. The first-order chi connectivity index (χ1) is 16.1. The number of anilines is 1. The summed E-state index contributed by atoms with van der Waals surface area (Å²) in [6, 6.07) is 16.5. The van der Waals surface area contributed by atoms with Gasteiger partial charge in [0, 0.05) is 34.8 Å². The van der Waals surface area contributed by atoms with Crippen molar-refractivity contribution < 1.29 is 9.53 Å². The lowest BCUT2D eigenvalue weighted by atomic mass is 10.2. The Bertz CT molecular complexity index is 1200. The molecule has 9 heteroatoms. The molecule has 2 aromatic heterocycles. The molecule has 0 aliphatic rings. The molecule has 2 amide bonds. The number of hydrogen-bond acceptors (Lipinski definition) is 5. The maximum absolute atomic E-state index is 12.0. The van der Waals surface area contributed by atoms with Crippen molar-refractivity contribution in [2.24, 2.45) is 0 Å². The van der Waals surface area contributed by atoms with E-state index >= 15 is 0 Å². The van der Waals surface area contributed by atoms with Crippen molar-refractivity contribution in [1.29, 1.82) is 0 Å². The summed E-state index contributed by atoms with van der Waals surface area (Å²) in [5.74, 6) is 1.49. The van der Waals surface area contributed by atoms with Crippen LogP contribution in [0.25, 0.3) is 11.0 Å². The third kappa shape index (κ3) is 6.40. The Labute approximate surface area is 201 Å². The number of amides is 2. The lowest BCUT2D eigenvalue weighted by Gasteiger charge is -2.12. The Morgan fingerprint density at radius 2 is 1.97 bits per heavy atom. The zero-order chi connectivity index (χ0) is 23.0. The number of benzene rings is 2. The van der Waals surface area contributed by atoms with E-state index in [1.165, 1.54) is 0 Å². The summed E-state index contributed by atoms with van der Waals surface area (Å²) in [6.07, 6.45) is 2.44. The van der Waals surface area contributed by atoms with Gasteiger partial charge in [-0.25, -0.2) is 9.78 Å². The van der Waals surface area contributed by atoms with Crippen LogP contribution in [-0.2, 0) is 5.75 Å². The topological polar surface area (TPSA) is 91.9 Å². The minimum absolute atomic E-state index is 0.262. The molecule has 4 aromatic rings. The van der Waals surface area contributed by atoms with Gasteiger partial charge >= 0.3 is 6.03 Å². The maximum Gasteiger partial charge on any atom is 0.319 e. The van der Waals surface area contributed by atoms with E-state index in [2.05, 4.69) is 25.6 Å². The van der Waals surface area contributed by atoms with Crippen LogP contribution < -0.4 is 15.4 Å². The number of aromatic nitrogens is 3. The van der Waals surface area contributed by atoms with Crippen LogP contribution in [0.5, 0.6) is 5.75 Å². The highest BCUT2D eigenvalue weighted by molar-refractivity contribution is 7.98. The van der Waals surface area contributed by atoms with Gasteiger partial charge in [-0.15, -0.1) is 0 Å². The van der Waals surface area contributed by atoms with Crippen molar-refractivity contribution in [1.82, 2.24) is 20.3 Å². The zero-order valence-electron chi connectivity index (χ0n) is 18.1. The van der Waals surface area contributed by atoms with Gasteiger partial charge in [0.2, 0.25) is 0 Å². The van der Waals surface area contributed by atoms with Gasteiger partial charge in [0.1, 0.15) is 5.75 Å². The van der Waals surface area contributed by atoms with Crippen LogP contribution in [0.4, 0.5) is 10.5 Å². The molecule has 0 spiro atoms. The van der Waals surface area contributed by atoms with Crippen LogP contribution >= 0.6 is 23.4 Å². The van der Waals surface area contributed by atoms with Crippen LogP contribution in [0.3, 0.4) is 0 Å². The summed E-state index contributed by atoms with van der Waals surface area (Å²) in [5, 5.41) is 7.07. The predicted octanol–water partition coefficient (Wildman–Crippen LogP) is 5.80. The second kappa shape index (κ2) is 11.1. The normalized spacial score (nSPS) is 10.8. The monoisotopic (exact) mass is 481 g/mol. The number of carbonyl (C=O) groups is 1. The first-order valence-electron chi connectivity index (χ1n) is 10.5. The molecule has 0 saturated carbocycles. The first-order valence-corrected chi connectivity index (χ1v) is 11.9. The number of para-hydroxylation sites is 2. The van der Waals surface area contributed by atoms with E-state index in [1.807, 2.05) is 37.3 Å². The van der Waals surface area contributed by atoms with Gasteiger partial charge < -0.3 is 20.4 Å². The highest BCUT2D eigenvalue weighted by Gasteiger charge is 2.10. The number of imidazole rings is 1. The highest BCUT2D eigenvalue weighted by Crippen LogP contribution is 2.27. The number of rotatable bonds is 9. The molecule has 4 rings (SSSR count). The Hall–Kier alpha value is -3.23. The average Bonchev–Trinajstić information content (AvgIpc) is 3.23. The summed E-state index contributed by atoms with van der Waals surface area (Å²) in [4.78, 5) is 24.4. The SMILES string of the molecule is Cc1c(OCCCNC(=O)Nc2ccc(Cl)cc2)ccnc1CSc1nc2ccccc2[nH]1. The Kier molecular flexibility index (Phi) is 7.70. The molecule has 0 aliphatic heterocycles. The van der Waals surface area contributed by atoms with Gasteiger partial charge in [0.05, 0.1) is 23.3 Å². The number of pyridine rings is 1. The van der Waals surface area contributed by atoms with E-state index in [9.17, 15) is 4.79 Å². The quantitative estimate of drug-likeness (QED) is 0.207. The predicted molar refractivity (Wildman–Crippen MR) is 133 cm³/mol. The summed E-state index contributed by atoms with van der Waals surface area (Å²) in [5.41, 5.74) is 4.64. The van der Waals surface area contributed by atoms with Gasteiger partial charge in [0.25, 0.3) is 0 Å². The number of fused-ring (bicyclic) bond motifs is 1. The fourth-order valence-electron chi connectivity index (χ4n) is 3.16. The van der Waals surface area contributed by atoms with Gasteiger partial charge in [-0.3, -0.25) is 4.98 Å². The maximum atomic E-state index is 12.0. The van der Waals surface area contributed by atoms with E-state index in [1.54, 1.807) is 42.2 Å². The van der Waals surface area contributed by atoms with Gasteiger partial charge in [-0.2, -0.15) is 0 Å². The van der Waals surface area contributed by atoms with E-state index in [4.69, 9.17) is 16.3 Å². The number of H-pyrrole nitrogens is 1. The molecule has 0 saturated heterocycles. The summed E-state index contributed by atoms with van der Waals surface area (Å²) in [7, 11) is 0. The van der Waals surface area contributed by atoms with Crippen LogP contribution in [0.2, 0.25) is 5.02 Å². The van der Waals surface area contributed by atoms with E-state index < -0.39 is 0 Å². The molecule has 170 valence electrons. The molecule has 7 nitrogen and oxygen atoms in total. The summed E-state index contributed by atoms with van der Waals surface area (Å²) in [6.45, 7) is 3.00. The standard InChI is InChI=1S/C24H24ClN5O2S/c1-16-21(15-33-24-29-19-5-2-3-6-20(19)30-24)26-13-11-22(16)32-14-4-12-27-23(31)28-18-9-7-17(25)8-10-18/h2-3,5-11,13H,4,12,14-15H2,1H3,(H,29,30)(H2,27,28,31). The molecular formula is C24H24ClN5O2S. The second-order valence-corrected chi connectivity index (χ2v) is 8.72. The number of carbonyl (C=O) groups excluding carboxylic acids is 1. The Morgan fingerprint density at radius 1 is 1.15 bits per heavy atom. The van der Waals surface area contributed by atoms with E-state index in [-0.39, 0.29) is 6.03 Å². The number of ether oxygens (including phenoxy) is 1. The molecule has 33 heavy (non-hydrogen) atoms. The number of thioether (sulfide) groups is 1. The molecule has 3 N–H and O–H groups in total. The molecular weight excluding hydrogens is 458 g/mol. The lowest BCUT2D eigenvalue weighted by molar-refractivity contribution is 0.250. The Morgan fingerprint density at radius 3 is 2.79 bits per heavy atom. The largest absolute Gasteiger partial charge is 0.493 e. The van der Waals surface area contributed by atoms with Gasteiger partial charge in [-0.05, 0) is 55.8 Å².